The van der Waals surface area contributed by atoms with Gasteiger partial charge in [0, 0.05) is 12.6 Å². The van der Waals surface area contributed by atoms with Crippen LogP contribution in [0.5, 0.6) is 0 Å². The van der Waals surface area contributed by atoms with Crippen molar-refractivity contribution in [2.75, 3.05) is 6.54 Å². The van der Waals surface area contributed by atoms with E-state index in [-0.39, 0.29) is 12.1 Å². The Labute approximate surface area is 129 Å². The van der Waals surface area contributed by atoms with Crippen LogP contribution in [-0.4, -0.2) is 40.1 Å². The van der Waals surface area contributed by atoms with Gasteiger partial charge in [0.15, 0.2) is 0 Å². The molecule has 0 unspecified atom stereocenters. The minimum absolute atomic E-state index is 0.230. The van der Waals surface area contributed by atoms with Gasteiger partial charge in [-0.15, -0.1) is 0 Å². The third-order valence-electron chi connectivity index (χ3n) is 3.66. The van der Waals surface area contributed by atoms with Crippen LogP contribution in [0.3, 0.4) is 0 Å². The normalized spacial score (nSPS) is 21.2. The molecule has 0 aliphatic carbocycles. The van der Waals surface area contributed by atoms with Crippen molar-refractivity contribution >= 4 is 10.2 Å². The summed E-state index contributed by atoms with van der Waals surface area (Å²) < 4.78 is 36.4. The fourth-order valence-corrected chi connectivity index (χ4v) is 4.39. The van der Waals surface area contributed by atoms with Crippen LogP contribution in [0.15, 0.2) is 35.5 Å². The van der Waals surface area contributed by atoms with E-state index in [0.717, 1.165) is 12.8 Å². The zero-order valence-electron chi connectivity index (χ0n) is 12.3. The van der Waals surface area contributed by atoms with E-state index in [0.29, 0.717) is 18.8 Å². The van der Waals surface area contributed by atoms with Crippen molar-refractivity contribution in [3.05, 3.63) is 36.8 Å². The lowest BCUT2D eigenvalue weighted by Crippen LogP contribution is -2.45. The summed E-state index contributed by atoms with van der Waals surface area (Å²) in [6.45, 7) is 2.73. The number of nitrogens with zero attached hydrogens (tertiary/aromatic N) is 4. The lowest BCUT2D eigenvalue weighted by atomic mass is 10.2. The molecule has 2 aromatic rings. The van der Waals surface area contributed by atoms with Crippen molar-refractivity contribution in [3.8, 4) is 0 Å². The molecular formula is C13H19N5O3S. The van der Waals surface area contributed by atoms with Gasteiger partial charge >= 0.3 is 0 Å². The molecule has 8 nitrogen and oxygen atoms in total. The number of nitrogens with one attached hydrogen (secondary N) is 1. The minimum Gasteiger partial charge on any atom is -0.468 e. The second-order valence-corrected chi connectivity index (χ2v) is 7.08. The second kappa shape index (κ2) is 6.19. The van der Waals surface area contributed by atoms with Crippen LogP contribution < -0.4 is 4.72 Å². The van der Waals surface area contributed by atoms with Crippen LogP contribution in [0, 0.1) is 0 Å². The Morgan fingerprint density at radius 1 is 1.55 bits per heavy atom. The van der Waals surface area contributed by atoms with Gasteiger partial charge in [-0.2, -0.15) is 22.5 Å². The maximum absolute atomic E-state index is 12.6. The summed E-state index contributed by atoms with van der Waals surface area (Å²) in [5.74, 6) is 0.687. The quantitative estimate of drug-likeness (QED) is 0.853. The van der Waals surface area contributed by atoms with E-state index < -0.39 is 10.2 Å². The summed E-state index contributed by atoms with van der Waals surface area (Å²) >= 11 is 0. The maximum Gasteiger partial charge on any atom is 0.280 e. The highest BCUT2D eigenvalue weighted by atomic mass is 32.2. The first-order valence-electron chi connectivity index (χ1n) is 7.21. The highest BCUT2D eigenvalue weighted by Crippen LogP contribution is 2.33. The summed E-state index contributed by atoms with van der Waals surface area (Å²) in [5.41, 5.74) is 0. The van der Waals surface area contributed by atoms with Crippen molar-refractivity contribution in [3.63, 3.8) is 0 Å². The van der Waals surface area contributed by atoms with Crippen LogP contribution in [0.2, 0.25) is 0 Å². The highest BCUT2D eigenvalue weighted by molar-refractivity contribution is 7.87. The molecule has 120 valence electrons. The van der Waals surface area contributed by atoms with Crippen molar-refractivity contribution in [2.45, 2.75) is 38.4 Å². The molecule has 0 aromatic carbocycles. The van der Waals surface area contributed by atoms with Crippen LogP contribution in [0.1, 0.15) is 31.6 Å². The molecule has 1 saturated heterocycles. The average Bonchev–Trinajstić information content (AvgIpc) is 3.20. The molecule has 2 atom stereocenters. The van der Waals surface area contributed by atoms with E-state index in [9.17, 15) is 8.42 Å². The third-order valence-corrected chi connectivity index (χ3v) is 5.42. The number of aromatic nitrogens is 3. The Morgan fingerprint density at radius 3 is 3.09 bits per heavy atom. The predicted octanol–water partition coefficient (Wildman–Crippen LogP) is 0.931. The zero-order valence-corrected chi connectivity index (χ0v) is 13.1. The minimum atomic E-state index is -3.58. The largest absolute Gasteiger partial charge is 0.468 e. The molecule has 0 amide bonds. The Morgan fingerprint density at radius 2 is 2.41 bits per heavy atom. The van der Waals surface area contributed by atoms with E-state index in [2.05, 4.69) is 14.8 Å². The molecule has 0 radical (unpaired) electrons. The average molecular weight is 325 g/mol. The van der Waals surface area contributed by atoms with Crippen LogP contribution in [-0.2, 0) is 16.8 Å². The summed E-state index contributed by atoms with van der Waals surface area (Å²) in [7, 11) is -3.58. The molecule has 1 fully saturated rings. The Kier molecular flexibility index (Phi) is 4.27. The first-order chi connectivity index (χ1) is 10.6. The van der Waals surface area contributed by atoms with E-state index in [4.69, 9.17) is 4.42 Å². The van der Waals surface area contributed by atoms with Crippen LogP contribution in [0.4, 0.5) is 0 Å². The van der Waals surface area contributed by atoms with E-state index in [1.807, 2.05) is 6.07 Å². The summed E-state index contributed by atoms with van der Waals surface area (Å²) in [5, 5.41) is 3.98. The van der Waals surface area contributed by atoms with E-state index >= 15 is 0 Å². The van der Waals surface area contributed by atoms with E-state index in [1.54, 1.807) is 30.3 Å². The van der Waals surface area contributed by atoms with Crippen LogP contribution in [0.25, 0.3) is 0 Å². The molecule has 1 aliphatic heterocycles. The zero-order chi connectivity index (χ0) is 15.6. The van der Waals surface area contributed by atoms with Crippen LogP contribution >= 0.6 is 0 Å². The molecule has 1 aliphatic rings. The summed E-state index contributed by atoms with van der Waals surface area (Å²) in [6.07, 6.45) is 6.15. The predicted molar refractivity (Wildman–Crippen MR) is 78.9 cm³/mol. The maximum atomic E-state index is 12.6. The lowest BCUT2D eigenvalue weighted by Gasteiger charge is -2.25. The standard InChI is InChI=1S/C13H19N5O3S/c1-11(8-17-10-14-9-15-17)16-22(19,20)18-6-2-4-12(18)13-5-3-7-21-13/h3,5,7,9-12,16H,2,4,6,8H2,1H3/t11-,12-/m1/s1. The molecule has 0 saturated carbocycles. The first-order valence-corrected chi connectivity index (χ1v) is 8.65. The van der Waals surface area contributed by atoms with Crippen molar-refractivity contribution < 1.29 is 12.8 Å². The molecule has 0 bridgehead atoms. The van der Waals surface area contributed by atoms with Gasteiger partial charge in [-0.05, 0) is 31.9 Å². The third kappa shape index (κ3) is 3.21. The van der Waals surface area contributed by atoms with Gasteiger partial charge in [0.2, 0.25) is 0 Å². The number of rotatable bonds is 6. The molecule has 3 heterocycles. The van der Waals surface area contributed by atoms with Crippen molar-refractivity contribution in [1.29, 1.82) is 0 Å². The molecule has 22 heavy (non-hydrogen) atoms. The molecule has 1 N–H and O–H groups in total. The van der Waals surface area contributed by atoms with Gasteiger partial charge in [-0.25, -0.2) is 4.98 Å². The summed E-state index contributed by atoms with van der Waals surface area (Å²) in [6, 6.07) is 3.08. The Balaban J connectivity index is 1.69. The smallest absolute Gasteiger partial charge is 0.280 e. The topological polar surface area (TPSA) is 93.3 Å². The number of hydrogen-bond acceptors (Lipinski definition) is 5. The second-order valence-electron chi connectivity index (χ2n) is 5.43. The van der Waals surface area contributed by atoms with Gasteiger partial charge in [-0.3, -0.25) is 4.68 Å². The van der Waals surface area contributed by atoms with Gasteiger partial charge in [-0.1, -0.05) is 0 Å². The van der Waals surface area contributed by atoms with Crippen molar-refractivity contribution in [1.82, 2.24) is 23.8 Å². The van der Waals surface area contributed by atoms with E-state index in [1.165, 1.54) is 10.6 Å². The van der Waals surface area contributed by atoms with Crippen molar-refractivity contribution in [2.24, 2.45) is 0 Å². The fraction of sp³-hybridized carbons (Fsp3) is 0.538. The lowest BCUT2D eigenvalue weighted by molar-refractivity contribution is 0.331. The number of hydrogen-bond donors (Lipinski definition) is 1. The SMILES string of the molecule is C[C@H](Cn1cncn1)NS(=O)(=O)N1CCC[C@@H]1c1ccco1. The Bertz CT molecular complexity index is 683. The van der Waals surface area contributed by atoms with Gasteiger partial charge < -0.3 is 4.42 Å². The molecule has 2 aromatic heterocycles. The first kappa shape index (κ1) is 15.2. The fourth-order valence-electron chi connectivity index (χ4n) is 2.76. The monoisotopic (exact) mass is 325 g/mol. The number of furan rings is 1. The molecular weight excluding hydrogens is 306 g/mol. The molecule has 3 rings (SSSR count). The highest BCUT2D eigenvalue weighted by Gasteiger charge is 2.37. The Hall–Kier alpha value is -1.71. The van der Waals surface area contributed by atoms with Gasteiger partial charge in [0.1, 0.15) is 18.4 Å². The molecule has 9 heteroatoms. The van der Waals surface area contributed by atoms with Gasteiger partial charge in [0.25, 0.3) is 10.2 Å². The molecule has 0 spiro atoms. The van der Waals surface area contributed by atoms with Gasteiger partial charge in [0.05, 0.1) is 18.8 Å². The summed E-state index contributed by atoms with van der Waals surface area (Å²) in [4.78, 5) is 3.85.